The van der Waals surface area contributed by atoms with E-state index in [1.807, 2.05) is 46.9 Å². The van der Waals surface area contributed by atoms with Gasteiger partial charge in [-0.25, -0.2) is 9.78 Å². The van der Waals surface area contributed by atoms with Crippen LogP contribution < -0.4 is 15.4 Å². The van der Waals surface area contributed by atoms with Crippen LogP contribution in [0.4, 0.5) is 22.2 Å². The Morgan fingerprint density at radius 1 is 1.25 bits per heavy atom. The molecule has 3 heterocycles. The molecule has 1 amide bonds. The first-order chi connectivity index (χ1) is 17.1. The van der Waals surface area contributed by atoms with Crippen LogP contribution in [0.15, 0.2) is 18.2 Å². The standard InChI is InChI=1S/C27H36ClN5O3/c1-16-14-21(29-6)32-25(30-16)31-20-15-19-8-7-13-35-24(19)22(23(20)28)18-10-9-17(2)33(12-11-18)26(34)36-27(3,4)5/h11,14-15,17H,7-10,12-13H2,1-6H3,(H2,29,30,31,32). The molecule has 1 atom stereocenters. The number of ether oxygens (including phenoxy) is 2. The van der Waals surface area contributed by atoms with Gasteiger partial charge in [0.05, 0.1) is 17.3 Å². The van der Waals surface area contributed by atoms with Crippen molar-refractivity contribution in [3.8, 4) is 5.75 Å². The second-order valence-electron chi connectivity index (χ2n) is 10.4. The summed E-state index contributed by atoms with van der Waals surface area (Å²) in [6.45, 7) is 10.7. The molecule has 2 aliphatic heterocycles. The average Bonchev–Trinajstić information content (AvgIpc) is 2.99. The van der Waals surface area contributed by atoms with Gasteiger partial charge in [0.2, 0.25) is 5.95 Å². The van der Waals surface area contributed by atoms with Crippen LogP contribution in [0, 0.1) is 6.92 Å². The van der Waals surface area contributed by atoms with Crippen molar-refractivity contribution < 1.29 is 14.3 Å². The summed E-state index contributed by atoms with van der Waals surface area (Å²) in [6.07, 6.45) is 5.19. The van der Waals surface area contributed by atoms with Gasteiger partial charge in [-0.15, -0.1) is 0 Å². The molecule has 0 saturated carbocycles. The van der Waals surface area contributed by atoms with Gasteiger partial charge in [0.15, 0.2) is 0 Å². The van der Waals surface area contributed by atoms with E-state index >= 15 is 0 Å². The Bertz CT molecular complexity index is 1170. The minimum absolute atomic E-state index is 0.0334. The zero-order valence-electron chi connectivity index (χ0n) is 22.0. The summed E-state index contributed by atoms with van der Waals surface area (Å²) in [5.74, 6) is 2.04. The van der Waals surface area contributed by atoms with Crippen LogP contribution in [0.25, 0.3) is 5.57 Å². The fourth-order valence-electron chi connectivity index (χ4n) is 4.55. The van der Waals surface area contributed by atoms with E-state index in [9.17, 15) is 4.79 Å². The summed E-state index contributed by atoms with van der Waals surface area (Å²) in [4.78, 5) is 23.7. The van der Waals surface area contributed by atoms with Gasteiger partial charge in [0, 0.05) is 37.0 Å². The second kappa shape index (κ2) is 10.5. The summed E-state index contributed by atoms with van der Waals surface area (Å²) < 4.78 is 11.8. The number of aromatic nitrogens is 2. The van der Waals surface area contributed by atoms with Crippen LogP contribution >= 0.6 is 11.6 Å². The van der Waals surface area contributed by atoms with E-state index in [4.69, 9.17) is 21.1 Å². The number of halogens is 1. The van der Waals surface area contributed by atoms with Gasteiger partial charge in [-0.2, -0.15) is 4.98 Å². The first kappa shape index (κ1) is 26.1. The van der Waals surface area contributed by atoms with Crippen molar-refractivity contribution in [2.24, 2.45) is 0 Å². The molecule has 0 spiro atoms. The molecule has 0 bridgehead atoms. The van der Waals surface area contributed by atoms with Crippen LogP contribution in [-0.2, 0) is 11.2 Å². The number of carbonyl (C=O) groups excluding carboxylic acids is 1. The predicted molar refractivity (Wildman–Crippen MR) is 144 cm³/mol. The van der Waals surface area contributed by atoms with E-state index in [2.05, 4.69) is 33.6 Å². The van der Waals surface area contributed by atoms with Gasteiger partial charge in [-0.3, -0.25) is 0 Å². The Hall–Kier alpha value is -3.00. The maximum Gasteiger partial charge on any atom is 0.410 e. The number of nitrogens with zero attached hydrogens (tertiary/aromatic N) is 3. The van der Waals surface area contributed by atoms with Gasteiger partial charge in [-0.05, 0) is 77.5 Å². The summed E-state index contributed by atoms with van der Waals surface area (Å²) in [5, 5.41) is 6.96. The summed E-state index contributed by atoms with van der Waals surface area (Å²) in [6, 6.07) is 3.95. The van der Waals surface area contributed by atoms with E-state index in [1.165, 1.54) is 0 Å². The zero-order valence-corrected chi connectivity index (χ0v) is 22.8. The maximum atomic E-state index is 12.9. The molecule has 0 aliphatic carbocycles. The van der Waals surface area contributed by atoms with E-state index in [-0.39, 0.29) is 12.1 Å². The third-order valence-electron chi connectivity index (χ3n) is 6.33. The maximum absolute atomic E-state index is 12.9. The molecule has 1 aromatic carbocycles. The quantitative estimate of drug-likeness (QED) is 0.492. The molecule has 194 valence electrons. The lowest BCUT2D eigenvalue weighted by atomic mass is 9.93. The number of rotatable bonds is 4. The van der Waals surface area contributed by atoms with Crippen LogP contribution in [0.3, 0.4) is 0 Å². The highest BCUT2D eigenvalue weighted by Crippen LogP contribution is 2.45. The molecule has 2 N–H and O–H groups in total. The van der Waals surface area contributed by atoms with E-state index in [0.717, 1.165) is 65.3 Å². The largest absolute Gasteiger partial charge is 0.493 e. The number of allylic oxidation sites excluding steroid dienone is 1. The zero-order chi connectivity index (χ0) is 26.0. The van der Waals surface area contributed by atoms with Crippen LogP contribution in [0.1, 0.15) is 63.8 Å². The van der Waals surface area contributed by atoms with Crippen molar-refractivity contribution in [3.05, 3.63) is 40.1 Å². The van der Waals surface area contributed by atoms with Gasteiger partial charge < -0.3 is 25.0 Å². The lowest BCUT2D eigenvalue weighted by Gasteiger charge is -2.30. The smallest absolute Gasteiger partial charge is 0.410 e. The molecular weight excluding hydrogens is 478 g/mol. The number of fused-ring (bicyclic) bond motifs is 1. The van der Waals surface area contributed by atoms with E-state index in [1.54, 1.807) is 4.90 Å². The number of nitrogens with one attached hydrogen (secondary N) is 2. The SMILES string of the molecule is CNc1cc(C)nc(Nc2cc3c(c(C4=CCN(C(=O)OC(C)(C)C)C(C)CC4)c2Cl)OCCC3)n1. The van der Waals surface area contributed by atoms with Crippen molar-refractivity contribution >= 4 is 40.7 Å². The first-order valence-corrected chi connectivity index (χ1v) is 12.9. The van der Waals surface area contributed by atoms with Crippen LogP contribution in [-0.4, -0.2) is 52.8 Å². The monoisotopic (exact) mass is 513 g/mol. The topological polar surface area (TPSA) is 88.6 Å². The molecule has 4 rings (SSSR count). The molecular formula is C27H36ClN5O3. The Morgan fingerprint density at radius 3 is 2.75 bits per heavy atom. The predicted octanol–water partition coefficient (Wildman–Crippen LogP) is 6.35. The highest BCUT2D eigenvalue weighted by atomic mass is 35.5. The molecule has 9 heteroatoms. The minimum atomic E-state index is -0.545. The lowest BCUT2D eigenvalue weighted by Crippen LogP contribution is -2.41. The third kappa shape index (κ3) is 5.86. The average molecular weight is 514 g/mol. The fraction of sp³-hybridized carbons (Fsp3) is 0.519. The van der Waals surface area contributed by atoms with Gasteiger partial charge in [0.1, 0.15) is 17.2 Å². The molecule has 8 nitrogen and oxygen atoms in total. The Kier molecular flexibility index (Phi) is 7.64. The Morgan fingerprint density at radius 2 is 2.03 bits per heavy atom. The molecule has 0 saturated heterocycles. The molecule has 36 heavy (non-hydrogen) atoms. The number of carbonyl (C=O) groups is 1. The van der Waals surface area contributed by atoms with Crippen LogP contribution in [0.5, 0.6) is 5.75 Å². The lowest BCUT2D eigenvalue weighted by molar-refractivity contribution is 0.0201. The van der Waals surface area contributed by atoms with Gasteiger partial charge in [-0.1, -0.05) is 17.7 Å². The number of benzene rings is 1. The van der Waals surface area contributed by atoms with Gasteiger partial charge in [0.25, 0.3) is 0 Å². The second-order valence-corrected chi connectivity index (χ2v) is 10.8. The first-order valence-electron chi connectivity index (χ1n) is 12.5. The number of hydrogen-bond acceptors (Lipinski definition) is 7. The Labute approximate surface area is 218 Å². The molecule has 1 unspecified atom stereocenters. The normalized spacial score (nSPS) is 17.9. The van der Waals surface area contributed by atoms with Crippen molar-refractivity contribution in [2.75, 3.05) is 30.8 Å². The fourth-order valence-corrected chi connectivity index (χ4v) is 4.86. The summed E-state index contributed by atoms with van der Waals surface area (Å²) in [5.41, 5.74) is 4.10. The highest BCUT2D eigenvalue weighted by molar-refractivity contribution is 6.35. The minimum Gasteiger partial charge on any atom is -0.493 e. The number of hydrogen-bond donors (Lipinski definition) is 2. The van der Waals surface area contributed by atoms with Crippen molar-refractivity contribution in [2.45, 2.75) is 71.9 Å². The highest BCUT2D eigenvalue weighted by Gasteiger charge is 2.30. The molecule has 2 aromatic rings. The summed E-state index contributed by atoms with van der Waals surface area (Å²) >= 11 is 7.06. The van der Waals surface area contributed by atoms with E-state index in [0.29, 0.717) is 24.1 Å². The number of anilines is 3. The molecule has 0 fully saturated rings. The van der Waals surface area contributed by atoms with Crippen molar-refractivity contribution in [1.82, 2.24) is 14.9 Å². The third-order valence-corrected chi connectivity index (χ3v) is 6.73. The number of aryl methyl sites for hydroxylation is 2. The molecule has 2 aliphatic rings. The van der Waals surface area contributed by atoms with E-state index < -0.39 is 5.60 Å². The molecule has 1 aromatic heterocycles. The van der Waals surface area contributed by atoms with Crippen molar-refractivity contribution in [3.63, 3.8) is 0 Å². The van der Waals surface area contributed by atoms with Crippen LogP contribution in [0.2, 0.25) is 5.02 Å². The molecule has 0 radical (unpaired) electrons. The number of amides is 1. The van der Waals surface area contributed by atoms with Gasteiger partial charge >= 0.3 is 6.09 Å². The summed E-state index contributed by atoms with van der Waals surface area (Å²) in [7, 11) is 1.83. The Balaban J connectivity index is 1.71. The van der Waals surface area contributed by atoms with Crippen molar-refractivity contribution in [1.29, 1.82) is 0 Å².